The Morgan fingerprint density at radius 3 is 2.95 bits per heavy atom. The van der Waals surface area contributed by atoms with Crippen LogP contribution in [-0.2, 0) is 11.3 Å². The number of nitrogens with zero attached hydrogens (tertiary/aromatic N) is 1. The van der Waals surface area contributed by atoms with E-state index in [2.05, 4.69) is 6.92 Å². The third-order valence-corrected chi connectivity index (χ3v) is 3.66. The highest BCUT2D eigenvalue weighted by molar-refractivity contribution is 5.78. The molecule has 104 valence electrons. The van der Waals surface area contributed by atoms with Gasteiger partial charge in [0.15, 0.2) is 0 Å². The van der Waals surface area contributed by atoms with Crippen LogP contribution in [0.4, 0.5) is 5.69 Å². The van der Waals surface area contributed by atoms with Gasteiger partial charge in [0.05, 0.1) is 7.11 Å². The summed E-state index contributed by atoms with van der Waals surface area (Å²) in [4.78, 5) is 13.9. The van der Waals surface area contributed by atoms with Crippen molar-refractivity contribution >= 4 is 11.6 Å². The van der Waals surface area contributed by atoms with E-state index < -0.39 is 0 Å². The Morgan fingerprint density at radius 1 is 1.47 bits per heavy atom. The van der Waals surface area contributed by atoms with Gasteiger partial charge in [-0.2, -0.15) is 0 Å². The molecule has 1 aromatic rings. The molecule has 1 aliphatic heterocycles. The van der Waals surface area contributed by atoms with E-state index in [9.17, 15) is 4.79 Å². The van der Waals surface area contributed by atoms with Crippen LogP contribution in [0.2, 0.25) is 0 Å². The molecule has 1 heterocycles. The number of carbonyl (C=O) groups is 1. The van der Waals surface area contributed by atoms with Crippen molar-refractivity contribution in [3.05, 3.63) is 23.8 Å². The van der Waals surface area contributed by atoms with Crippen molar-refractivity contribution in [1.29, 1.82) is 0 Å². The molecule has 1 aromatic carbocycles. The Hall–Kier alpha value is -1.71. The van der Waals surface area contributed by atoms with E-state index in [1.54, 1.807) is 13.2 Å². The topological polar surface area (TPSA) is 55.6 Å². The van der Waals surface area contributed by atoms with Crippen molar-refractivity contribution < 1.29 is 9.53 Å². The molecule has 4 heteroatoms. The van der Waals surface area contributed by atoms with Gasteiger partial charge < -0.3 is 15.4 Å². The Morgan fingerprint density at radius 2 is 2.26 bits per heavy atom. The van der Waals surface area contributed by atoms with Crippen LogP contribution in [0.15, 0.2) is 18.2 Å². The van der Waals surface area contributed by atoms with Gasteiger partial charge in [-0.05, 0) is 18.4 Å². The van der Waals surface area contributed by atoms with Crippen molar-refractivity contribution in [3.8, 4) is 5.75 Å². The number of ether oxygens (including phenoxy) is 1. The number of rotatable bonds is 5. The standard InChI is InChI=1S/C15H22N2O2/c1-3-4-11-7-15(18)17(9-11)10-12-5-6-13(16)8-14(12)19-2/h5-6,8,11H,3-4,7,9-10,16H2,1-2H3. The van der Waals surface area contributed by atoms with Crippen LogP contribution in [0.5, 0.6) is 5.75 Å². The lowest BCUT2D eigenvalue weighted by atomic mass is 10.0. The van der Waals surface area contributed by atoms with Crippen molar-refractivity contribution in [2.45, 2.75) is 32.7 Å². The van der Waals surface area contributed by atoms with Gasteiger partial charge in [0, 0.05) is 36.8 Å². The fourth-order valence-corrected chi connectivity index (χ4v) is 2.71. The third kappa shape index (κ3) is 3.19. The molecule has 1 saturated heterocycles. The lowest BCUT2D eigenvalue weighted by Crippen LogP contribution is -2.24. The number of hydrogen-bond donors (Lipinski definition) is 1. The Labute approximate surface area is 114 Å². The molecule has 0 spiro atoms. The number of benzene rings is 1. The van der Waals surface area contributed by atoms with Crippen molar-refractivity contribution in [1.82, 2.24) is 4.90 Å². The summed E-state index contributed by atoms with van der Waals surface area (Å²) in [6.45, 7) is 3.64. The molecule has 1 atom stereocenters. The maximum atomic E-state index is 12.0. The molecular formula is C15H22N2O2. The highest BCUT2D eigenvalue weighted by Crippen LogP contribution is 2.27. The third-order valence-electron chi connectivity index (χ3n) is 3.66. The molecule has 0 aliphatic carbocycles. The van der Waals surface area contributed by atoms with Crippen LogP contribution in [-0.4, -0.2) is 24.5 Å². The zero-order valence-electron chi connectivity index (χ0n) is 11.7. The van der Waals surface area contributed by atoms with Crippen molar-refractivity contribution in [2.24, 2.45) is 5.92 Å². The summed E-state index contributed by atoms with van der Waals surface area (Å²) in [5.74, 6) is 1.52. The molecule has 0 bridgehead atoms. The monoisotopic (exact) mass is 262 g/mol. The van der Waals surface area contributed by atoms with E-state index in [1.807, 2.05) is 17.0 Å². The maximum absolute atomic E-state index is 12.0. The summed E-state index contributed by atoms with van der Waals surface area (Å²) in [5, 5.41) is 0. The number of carbonyl (C=O) groups excluding carboxylic acids is 1. The molecular weight excluding hydrogens is 240 g/mol. The molecule has 0 saturated carbocycles. The van der Waals surface area contributed by atoms with Crippen LogP contribution >= 0.6 is 0 Å². The number of nitrogen functional groups attached to an aromatic ring is 1. The van der Waals surface area contributed by atoms with E-state index in [4.69, 9.17) is 10.5 Å². The number of amides is 1. The molecule has 1 amide bonds. The van der Waals surface area contributed by atoms with Gasteiger partial charge in [0.25, 0.3) is 0 Å². The van der Waals surface area contributed by atoms with Gasteiger partial charge in [-0.1, -0.05) is 19.4 Å². The van der Waals surface area contributed by atoms with E-state index >= 15 is 0 Å². The minimum Gasteiger partial charge on any atom is -0.496 e. The molecule has 0 aromatic heterocycles. The first-order valence-electron chi connectivity index (χ1n) is 6.84. The highest BCUT2D eigenvalue weighted by Gasteiger charge is 2.29. The van der Waals surface area contributed by atoms with Gasteiger partial charge in [0.1, 0.15) is 5.75 Å². The second kappa shape index (κ2) is 5.95. The normalized spacial score (nSPS) is 18.9. The summed E-state index contributed by atoms with van der Waals surface area (Å²) in [5.41, 5.74) is 7.43. The number of anilines is 1. The predicted molar refractivity (Wildman–Crippen MR) is 75.8 cm³/mol. The van der Waals surface area contributed by atoms with Gasteiger partial charge in [-0.15, -0.1) is 0 Å². The lowest BCUT2D eigenvalue weighted by molar-refractivity contribution is -0.128. The van der Waals surface area contributed by atoms with Crippen molar-refractivity contribution in [3.63, 3.8) is 0 Å². The minimum absolute atomic E-state index is 0.248. The molecule has 2 rings (SSSR count). The zero-order chi connectivity index (χ0) is 13.8. The Bertz CT molecular complexity index is 459. The van der Waals surface area contributed by atoms with E-state index in [1.165, 1.54) is 0 Å². The van der Waals surface area contributed by atoms with Crippen LogP contribution < -0.4 is 10.5 Å². The van der Waals surface area contributed by atoms with Crippen LogP contribution in [0.1, 0.15) is 31.7 Å². The maximum Gasteiger partial charge on any atom is 0.223 e. The smallest absolute Gasteiger partial charge is 0.223 e. The molecule has 1 aliphatic rings. The molecule has 1 unspecified atom stereocenters. The van der Waals surface area contributed by atoms with Crippen LogP contribution in [0.3, 0.4) is 0 Å². The Balaban J connectivity index is 2.07. The van der Waals surface area contributed by atoms with Crippen LogP contribution in [0.25, 0.3) is 0 Å². The molecule has 2 N–H and O–H groups in total. The highest BCUT2D eigenvalue weighted by atomic mass is 16.5. The quantitative estimate of drug-likeness (QED) is 0.829. The molecule has 4 nitrogen and oxygen atoms in total. The molecule has 19 heavy (non-hydrogen) atoms. The summed E-state index contributed by atoms with van der Waals surface area (Å²) < 4.78 is 5.33. The van der Waals surface area contributed by atoms with Crippen LogP contribution in [0, 0.1) is 5.92 Å². The summed E-state index contributed by atoms with van der Waals surface area (Å²) >= 11 is 0. The van der Waals surface area contributed by atoms with Gasteiger partial charge >= 0.3 is 0 Å². The SMILES string of the molecule is CCCC1CC(=O)N(Cc2ccc(N)cc2OC)C1. The fraction of sp³-hybridized carbons (Fsp3) is 0.533. The van der Waals surface area contributed by atoms with Crippen molar-refractivity contribution in [2.75, 3.05) is 19.4 Å². The van der Waals surface area contributed by atoms with E-state index in [0.717, 1.165) is 30.7 Å². The van der Waals surface area contributed by atoms with Gasteiger partial charge in [-0.25, -0.2) is 0 Å². The number of hydrogen-bond acceptors (Lipinski definition) is 3. The first-order chi connectivity index (χ1) is 9.13. The predicted octanol–water partition coefficient (Wildman–Crippen LogP) is 2.43. The fourth-order valence-electron chi connectivity index (χ4n) is 2.71. The number of methoxy groups -OCH3 is 1. The first kappa shape index (κ1) is 13.7. The summed E-state index contributed by atoms with van der Waals surface area (Å²) in [6, 6.07) is 5.59. The lowest BCUT2D eigenvalue weighted by Gasteiger charge is -2.18. The molecule has 1 fully saturated rings. The minimum atomic E-state index is 0.248. The Kier molecular flexibility index (Phi) is 4.30. The number of nitrogens with two attached hydrogens (primary N) is 1. The second-order valence-corrected chi connectivity index (χ2v) is 5.20. The van der Waals surface area contributed by atoms with E-state index in [-0.39, 0.29) is 5.91 Å². The zero-order valence-corrected chi connectivity index (χ0v) is 11.7. The first-order valence-corrected chi connectivity index (χ1v) is 6.84. The number of likely N-dealkylation sites (tertiary alicyclic amines) is 1. The average molecular weight is 262 g/mol. The summed E-state index contributed by atoms with van der Waals surface area (Å²) in [6.07, 6.45) is 2.95. The van der Waals surface area contributed by atoms with Gasteiger partial charge in [-0.3, -0.25) is 4.79 Å². The molecule has 0 radical (unpaired) electrons. The summed E-state index contributed by atoms with van der Waals surface area (Å²) in [7, 11) is 1.63. The second-order valence-electron chi connectivity index (χ2n) is 5.20. The largest absolute Gasteiger partial charge is 0.496 e. The van der Waals surface area contributed by atoms with E-state index in [0.29, 0.717) is 24.6 Å². The average Bonchev–Trinajstić information content (AvgIpc) is 2.72. The van der Waals surface area contributed by atoms with Gasteiger partial charge in [0.2, 0.25) is 5.91 Å².